The van der Waals surface area contributed by atoms with Gasteiger partial charge in [-0.25, -0.2) is 0 Å². The van der Waals surface area contributed by atoms with Gasteiger partial charge in [0.2, 0.25) is 0 Å². The Bertz CT molecular complexity index is 323. The van der Waals surface area contributed by atoms with Crippen LogP contribution < -0.4 is 0 Å². The highest BCUT2D eigenvalue weighted by Gasteiger charge is 2.03. The molecule has 4 nitrogen and oxygen atoms in total. The van der Waals surface area contributed by atoms with Gasteiger partial charge in [0.15, 0.2) is 0 Å². The van der Waals surface area contributed by atoms with Crippen molar-refractivity contribution in [2.45, 2.75) is 4.90 Å². The molecule has 1 aromatic rings. The van der Waals surface area contributed by atoms with Crippen molar-refractivity contribution in [2.24, 2.45) is 0 Å². The van der Waals surface area contributed by atoms with Crippen LogP contribution in [0.3, 0.4) is 0 Å². The number of benzene rings is 1. The van der Waals surface area contributed by atoms with E-state index in [1.165, 1.54) is 24.2 Å². The quantitative estimate of drug-likeness (QED) is 0.247. The van der Waals surface area contributed by atoms with E-state index in [0.29, 0.717) is 6.61 Å². The van der Waals surface area contributed by atoms with E-state index in [1.54, 1.807) is 18.2 Å². The van der Waals surface area contributed by atoms with Crippen LogP contribution in [0.15, 0.2) is 41.8 Å². The van der Waals surface area contributed by atoms with Crippen LogP contribution in [-0.4, -0.2) is 11.5 Å². The second-order valence-electron chi connectivity index (χ2n) is 2.41. The number of nitrogens with zero attached hydrogens (tertiary/aromatic N) is 1. The standard InChI is InChI=1S/C9H9NO3S/c1-2-7-13-14-9-5-3-8(4-6-9)10(11)12/h2-6H,1,7H2. The lowest BCUT2D eigenvalue weighted by molar-refractivity contribution is -0.384. The van der Waals surface area contributed by atoms with Gasteiger partial charge in [0.1, 0.15) is 0 Å². The molecule has 0 N–H and O–H groups in total. The fourth-order valence-corrected chi connectivity index (χ4v) is 1.32. The van der Waals surface area contributed by atoms with E-state index in [4.69, 9.17) is 4.18 Å². The highest BCUT2D eigenvalue weighted by Crippen LogP contribution is 2.21. The first-order valence-corrected chi connectivity index (χ1v) is 4.63. The van der Waals surface area contributed by atoms with Crippen LogP contribution in [0.4, 0.5) is 5.69 Å². The lowest BCUT2D eigenvalue weighted by atomic mass is 10.3. The van der Waals surface area contributed by atoms with E-state index in [2.05, 4.69) is 6.58 Å². The molecule has 0 bridgehead atoms. The second-order valence-corrected chi connectivity index (χ2v) is 3.28. The van der Waals surface area contributed by atoms with Gasteiger partial charge in [-0.1, -0.05) is 6.08 Å². The van der Waals surface area contributed by atoms with Gasteiger partial charge in [-0.2, -0.15) is 0 Å². The zero-order chi connectivity index (χ0) is 10.4. The maximum atomic E-state index is 10.3. The van der Waals surface area contributed by atoms with Crippen molar-refractivity contribution in [3.63, 3.8) is 0 Å². The molecule has 0 saturated heterocycles. The zero-order valence-electron chi connectivity index (χ0n) is 7.38. The Morgan fingerprint density at radius 2 is 2.14 bits per heavy atom. The summed E-state index contributed by atoms with van der Waals surface area (Å²) in [6.07, 6.45) is 1.64. The summed E-state index contributed by atoms with van der Waals surface area (Å²) >= 11 is 1.17. The lowest BCUT2D eigenvalue weighted by Gasteiger charge is -1.98. The molecule has 0 aliphatic rings. The van der Waals surface area contributed by atoms with Gasteiger partial charge < -0.3 is 4.18 Å². The first kappa shape index (κ1) is 10.7. The molecule has 0 unspecified atom stereocenters. The molecule has 0 spiro atoms. The highest BCUT2D eigenvalue weighted by atomic mass is 32.2. The van der Waals surface area contributed by atoms with Gasteiger partial charge in [0.25, 0.3) is 5.69 Å². The molecule has 74 valence electrons. The zero-order valence-corrected chi connectivity index (χ0v) is 8.20. The number of hydrogen-bond donors (Lipinski definition) is 0. The monoisotopic (exact) mass is 211 g/mol. The molecule has 14 heavy (non-hydrogen) atoms. The predicted molar refractivity (Wildman–Crippen MR) is 55.1 cm³/mol. The maximum absolute atomic E-state index is 10.3. The van der Waals surface area contributed by atoms with Gasteiger partial charge in [-0.3, -0.25) is 10.1 Å². The summed E-state index contributed by atoms with van der Waals surface area (Å²) in [6, 6.07) is 6.18. The number of nitro groups is 1. The summed E-state index contributed by atoms with van der Waals surface area (Å²) in [5, 5.41) is 10.3. The van der Waals surface area contributed by atoms with Crippen molar-refractivity contribution in [2.75, 3.05) is 6.61 Å². The Kier molecular flexibility index (Phi) is 4.15. The van der Waals surface area contributed by atoms with E-state index >= 15 is 0 Å². The molecule has 0 aromatic heterocycles. The molecular formula is C9H9NO3S. The fourth-order valence-electron chi connectivity index (χ4n) is 0.774. The van der Waals surface area contributed by atoms with Crippen LogP contribution in [0, 0.1) is 10.1 Å². The topological polar surface area (TPSA) is 52.4 Å². The predicted octanol–water partition coefficient (Wildman–Crippen LogP) is 2.80. The summed E-state index contributed by atoms with van der Waals surface area (Å²) in [5.74, 6) is 0. The van der Waals surface area contributed by atoms with Gasteiger partial charge in [0, 0.05) is 29.1 Å². The first-order valence-electron chi connectivity index (χ1n) is 3.89. The SMILES string of the molecule is C=CCOSc1ccc([N+](=O)[O-])cc1. The molecule has 0 aliphatic heterocycles. The number of rotatable bonds is 5. The van der Waals surface area contributed by atoms with Crippen molar-refractivity contribution in [1.29, 1.82) is 0 Å². The molecule has 0 heterocycles. The van der Waals surface area contributed by atoms with Crippen LogP contribution in [0.25, 0.3) is 0 Å². The summed E-state index contributed by atoms with van der Waals surface area (Å²) in [4.78, 5) is 10.7. The van der Waals surface area contributed by atoms with Crippen molar-refractivity contribution in [1.82, 2.24) is 0 Å². The molecule has 0 aliphatic carbocycles. The van der Waals surface area contributed by atoms with Crippen LogP contribution in [-0.2, 0) is 4.18 Å². The minimum atomic E-state index is -0.432. The van der Waals surface area contributed by atoms with Crippen molar-refractivity contribution < 1.29 is 9.11 Å². The minimum Gasteiger partial charge on any atom is -0.306 e. The van der Waals surface area contributed by atoms with E-state index in [0.717, 1.165) is 4.90 Å². The average Bonchev–Trinajstić information content (AvgIpc) is 2.19. The number of nitro benzene ring substituents is 1. The maximum Gasteiger partial charge on any atom is 0.269 e. The van der Waals surface area contributed by atoms with Crippen LogP contribution in [0.2, 0.25) is 0 Å². The van der Waals surface area contributed by atoms with E-state index < -0.39 is 4.92 Å². The molecule has 0 amide bonds. The Morgan fingerprint density at radius 3 is 2.64 bits per heavy atom. The summed E-state index contributed by atoms with van der Waals surface area (Å²) in [5.41, 5.74) is 0.0815. The van der Waals surface area contributed by atoms with Crippen LogP contribution in [0.5, 0.6) is 0 Å². The van der Waals surface area contributed by atoms with Gasteiger partial charge in [-0.15, -0.1) is 6.58 Å². The van der Waals surface area contributed by atoms with Gasteiger partial charge >= 0.3 is 0 Å². The Labute approximate surface area is 85.9 Å². The number of non-ortho nitro benzene ring substituents is 1. The average molecular weight is 211 g/mol. The third-order valence-electron chi connectivity index (χ3n) is 1.39. The smallest absolute Gasteiger partial charge is 0.269 e. The second kappa shape index (κ2) is 5.41. The Morgan fingerprint density at radius 1 is 1.50 bits per heavy atom. The third kappa shape index (κ3) is 3.20. The lowest BCUT2D eigenvalue weighted by Crippen LogP contribution is -1.86. The minimum absolute atomic E-state index is 0.0815. The fraction of sp³-hybridized carbons (Fsp3) is 0.111. The van der Waals surface area contributed by atoms with Crippen molar-refractivity contribution >= 4 is 17.7 Å². The van der Waals surface area contributed by atoms with Gasteiger partial charge in [0.05, 0.1) is 11.5 Å². The van der Waals surface area contributed by atoms with Crippen LogP contribution in [0.1, 0.15) is 0 Å². The normalized spacial score (nSPS) is 9.71. The van der Waals surface area contributed by atoms with E-state index in [9.17, 15) is 10.1 Å². The summed E-state index contributed by atoms with van der Waals surface area (Å²) < 4.78 is 5.10. The first-order chi connectivity index (χ1) is 6.74. The molecular weight excluding hydrogens is 202 g/mol. The van der Waals surface area contributed by atoms with E-state index in [1.807, 2.05) is 0 Å². The molecule has 0 radical (unpaired) electrons. The molecule has 0 saturated carbocycles. The molecule has 5 heteroatoms. The highest BCUT2D eigenvalue weighted by molar-refractivity contribution is 7.94. The molecule has 0 atom stereocenters. The van der Waals surface area contributed by atoms with Gasteiger partial charge in [-0.05, 0) is 12.1 Å². The Balaban J connectivity index is 2.55. The third-order valence-corrected chi connectivity index (χ3v) is 2.11. The van der Waals surface area contributed by atoms with Crippen LogP contribution >= 0.6 is 12.0 Å². The summed E-state index contributed by atoms with van der Waals surface area (Å²) in [7, 11) is 0. The largest absolute Gasteiger partial charge is 0.306 e. The molecule has 1 rings (SSSR count). The number of hydrogen-bond acceptors (Lipinski definition) is 4. The molecule has 1 aromatic carbocycles. The molecule has 0 fully saturated rings. The van der Waals surface area contributed by atoms with Crippen molar-refractivity contribution in [3.8, 4) is 0 Å². The van der Waals surface area contributed by atoms with Crippen molar-refractivity contribution in [3.05, 3.63) is 47.0 Å². The Hall–Kier alpha value is -1.33. The summed E-state index contributed by atoms with van der Waals surface area (Å²) in [6.45, 7) is 3.95. The van der Waals surface area contributed by atoms with E-state index in [-0.39, 0.29) is 5.69 Å².